The minimum Gasteiger partial charge on any atom is -0.480 e. The number of aliphatic carboxylic acids is 1. The van der Waals surface area contributed by atoms with Crippen molar-refractivity contribution in [2.24, 2.45) is 5.73 Å². The SMILES string of the molecule is CCc1nnsc1C(=O)N[C@H](CC(N)=O)C(=O)O. The number of rotatable bonds is 6. The molecule has 0 aliphatic carbocycles. The molecule has 0 spiro atoms. The van der Waals surface area contributed by atoms with Gasteiger partial charge in [-0.2, -0.15) is 0 Å². The lowest BCUT2D eigenvalue weighted by atomic mass is 10.2. The quantitative estimate of drug-likeness (QED) is 0.617. The predicted molar refractivity (Wildman–Crippen MR) is 62.0 cm³/mol. The maximum Gasteiger partial charge on any atom is 0.326 e. The number of carboxylic acids is 1. The van der Waals surface area contributed by atoms with Gasteiger partial charge in [-0.1, -0.05) is 11.4 Å². The summed E-state index contributed by atoms with van der Waals surface area (Å²) in [5.74, 6) is -2.74. The monoisotopic (exact) mass is 272 g/mol. The summed E-state index contributed by atoms with van der Waals surface area (Å²) in [6.07, 6.45) is 0.0432. The number of hydrogen-bond donors (Lipinski definition) is 3. The maximum atomic E-state index is 11.8. The van der Waals surface area contributed by atoms with Crippen molar-refractivity contribution in [3.05, 3.63) is 10.6 Å². The number of nitrogens with one attached hydrogen (secondary N) is 1. The third-order valence-electron chi connectivity index (χ3n) is 2.11. The fourth-order valence-corrected chi connectivity index (χ4v) is 1.89. The molecule has 8 nitrogen and oxygen atoms in total. The molecule has 1 rings (SSSR count). The Kier molecular flexibility index (Phi) is 4.72. The fourth-order valence-electron chi connectivity index (χ4n) is 1.24. The van der Waals surface area contributed by atoms with E-state index in [1.165, 1.54) is 0 Å². The van der Waals surface area contributed by atoms with Crippen LogP contribution in [0.3, 0.4) is 0 Å². The molecule has 0 saturated heterocycles. The molecule has 1 aromatic heterocycles. The molecular weight excluding hydrogens is 260 g/mol. The van der Waals surface area contributed by atoms with Crippen molar-refractivity contribution in [2.75, 3.05) is 0 Å². The summed E-state index contributed by atoms with van der Waals surface area (Å²) in [5, 5.41) is 14.8. The number of amides is 2. The Labute approximate surface area is 106 Å². The number of nitrogens with two attached hydrogens (primary N) is 1. The predicted octanol–water partition coefficient (Wildman–Crippen LogP) is -0.841. The second kappa shape index (κ2) is 6.05. The number of aryl methyl sites for hydroxylation is 1. The van der Waals surface area contributed by atoms with Gasteiger partial charge in [-0.3, -0.25) is 9.59 Å². The zero-order chi connectivity index (χ0) is 13.7. The molecule has 0 aliphatic heterocycles. The van der Waals surface area contributed by atoms with Crippen LogP contribution in [-0.4, -0.2) is 38.5 Å². The molecule has 0 bridgehead atoms. The van der Waals surface area contributed by atoms with Crippen LogP contribution in [0.2, 0.25) is 0 Å². The molecule has 1 atom stereocenters. The highest BCUT2D eigenvalue weighted by molar-refractivity contribution is 7.08. The average Bonchev–Trinajstić information content (AvgIpc) is 2.75. The lowest BCUT2D eigenvalue weighted by molar-refractivity contribution is -0.140. The molecular formula is C9H12N4O4S. The van der Waals surface area contributed by atoms with Crippen LogP contribution in [0.5, 0.6) is 0 Å². The van der Waals surface area contributed by atoms with Gasteiger partial charge in [0.05, 0.1) is 12.1 Å². The van der Waals surface area contributed by atoms with Crippen molar-refractivity contribution in [1.29, 1.82) is 0 Å². The fraction of sp³-hybridized carbons (Fsp3) is 0.444. The van der Waals surface area contributed by atoms with Crippen LogP contribution in [0.1, 0.15) is 28.7 Å². The van der Waals surface area contributed by atoms with E-state index in [9.17, 15) is 14.4 Å². The van der Waals surface area contributed by atoms with E-state index in [0.717, 1.165) is 11.5 Å². The number of primary amides is 1. The molecule has 0 aromatic carbocycles. The third-order valence-corrected chi connectivity index (χ3v) is 2.87. The first-order valence-electron chi connectivity index (χ1n) is 5.08. The average molecular weight is 272 g/mol. The van der Waals surface area contributed by atoms with Crippen molar-refractivity contribution < 1.29 is 19.5 Å². The number of carbonyl (C=O) groups excluding carboxylic acids is 2. The van der Waals surface area contributed by atoms with Gasteiger partial charge in [0, 0.05) is 0 Å². The minimum atomic E-state index is -1.35. The van der Waals surface area contributed by atoms with Gasteiger partial charge < -0.3 is 16.2 Å². The van der Waals surface area contributed by atoms with Gasteiger partial charge in [0.15, 0.2) is 0 Å². The van der Waals surface area contributed by atoms with Gasteiger partial charge in [-0.15, -0.1) is 5.10 Å². The molecule has 4 N–H and O–H groups in total. The Hall–Kier alpha value is -2.03. The highest BCUT2D eigenvalue weighted by atomic mass is 32.1. The van der Waals surface area contributed by atoms with Crippen LogP contribution in [-0.2, 0) is 16.0 Å². The van der Waals surface area contributed by atoms with Crippen LogP contribution in [0, 0.1) is 0 Å². The second-order valence-corrected chi connectivity index (χ2v) is 4.19. The number of hydrogen-bond acceptors (Lipinski definition) is 6. The van der Waals surface area contributed by atoms with E-state index in [1.54, 1.807) is 6.92 Å². The Morgan fingerprint density at radius 3 is 2.67 bits per heavy atom. The topological polar surface area (TPSA) is 135 Å². The van der Waals surface area contributed by atoms with Gasteiger partial charge in [0.25, 0.3) is 5.91 Å². The summed E-state index contributed by atoms with van der Waals surface area (Å²) in [5.41, 5.74) is 5.39. The number of nitrogens with zero attached hydrogens (tertiary/aromatic N) is 2. The zero-order valence-electron chi connectivity index (χ0n) is 9.54. The minimum absolute atomic E-state index is 0.244. The summed E-state index contributed by atoms with van der Waals surface area (Å²) in [6, 6.07) is -1.35. The van der Waals surface area contributed by atoms with Gasteiger partial charge in [-0.25, -0.2) is 4.79 Å². The number of carboxylic acid groups (broad SMARTS) is 1. The highest BCUT2D eigenvalue weighted by Crippen LogP contribution is 2.11. The molecule has 0 saturated carbocycles. The van der Waals surface area contributed by atoms with E-state index in [2.05, 4.69) is 14.9 Å². The van der Waals surface area contributed by atoms with E-state index >= 15 is 0 Å². The second-order valence-electron chi connectivity index (χ2n) is 3.44. The first-order valence-corrected chi connectivity index (χ1v) is 5.86. The molecule has 2 amide bonds. The Morgan fingerprint density at radius 1 is 1.50 bits per heavy atom. The molecule has 1 aromatic rings. The standard InChI is InChI=1S/C9H12N4O4S/c1-2-4-7(18-13-12-4)8(15)11-5(9(16)17)3-6(10)14/h5H,2-3H2,1H3,(H2,10,14)(H,11,15)(H,16,17)/t5-/m1/s1. The van der Waals surface area contributed by atoms with Crippen molar-refractivity contribution >= 4 is 29.3 Å². The molecule has 18 heavy (non-hydrogen) atoms. The first-order chi connectivity index (χ1) is 8.45. The Bertz CT molecular complexity index is 473. The van der Waals surface area contributed by atoms with E-state index in [1.807, 2.05) is 0 Å². The molecule has 0 radical (unpaired) electrons. The lowest BCUT2D eigenvalue weighted by Crippen LogP contribution is -2.43. The third kappa shape index (κ3) is 3.48. The summed E-state index contributed by atoms with van der Waals surface area (Å²) < 4.78 is 3.62. The largest absolute Gasteiger partial charge is 0.480 e. The van der Waals surface area contributed by atoms with Crippen molar-refractivity contribution in [3.63, 3.8) is 0 Å². The smallest absolute Gasteiger partial charge is 0.326 e. The Morgan fingerprint density at radius 2 is 2.17 bits per heavy atom. The van der Waals surface area contributed by atoms with Crippen LogP contribution in [0.4, 0.5) is 0 Å². The normalized spacial score (nSPS) is 11.8. The molecule has 0 unspecified atom stereocenters. The molecule has 98 valence electrons. The first kappa shape index (κ1) is 14.0. The van der Waals surface area contributed by atoms with Crippen LogP contribution < -0.4 is 11.1 Å². The van der Waals surface area contributed by atoms with Crippen LogP contribution >= 0.6 is 11.5 Å². The van der Waals surface area contributed by atoms with Gasteiger partial charge >= 0.3 is 5.97 Å². The van der Waals surface area contributed by atoms with Crippen molar-refractivity contribution in [2.45, 2.75) is 25.8 Å². The number of aromatic nitrogens is 2. The van der Waals surface area contributed by atoms with Gasteiger partial charge in [-0.05, 0) is 18.0 Å². The molecule has 0 aliphatic rings. The summed E-state index contributed by atoms with van der Waals surface area (Å²) in [6.45, 7) is 1.80. The molecule has 0 fully saturated rings. The lowest BCUT2D eigenvalue weighted by Gasteiger charge is -2.11. The van der Waals surface area contributed by atoms with Gasteiger partial charge in [0.1, 0.15) is 10.9 Å². The molecule has 1 heterocycles. The highest BCUT2D eigenvalue weighted by Gasteiger charge is 2.25. The van der Waals surface area contributed by atoms with Crippen LogP contribution in [0.25, 0.3) is 0 Å². The summed E-state index contributed by atoms with van der Waals surface area (Å²) in [4.78, 5) is 33.6. The summed E-state index contributed by atoms with van der Waals surface area (Å²) in [7, 11) is 0. The molecule has 9 heteroatoms. The Balaban J connectivity index is 2.78. The zero-order valence-corrected chi connectivity index (χ0v) is 10.4. The van der Waals surface area contributed by atoms with Crippen LogP contribution in [0.15, 0.2) is 0 Å². The van der Waals surface area contributed by atoms with E-state index < -0.39 is 30.2 Å². The van der Waals surface area contributed by atoms with E-state index in [4.69, 9.17) is 10.8 Å². The van der Waals surface area contributed by atoms with Crippen molar-refractivity contribution in [1.82, 2.24) is 14.9 Å². The van der Waals surface area contributed by atoms with E-state index in [-0.39, 0.29) is 4.88 Å². The number of carbonyl (C=O) groups is 3. The summed E-state index contributed by atoms with van der Waals surface area (Å²) >= 11 is 0.873. The van der Waals surface area contributed by atoms with E-state index in [0.29, 0.717) is 12.1 Å². The van der Waals surface area contributed by atoms with Crippen molar-refractivity contribution in [3.8, 4) is 0 Å². The maximum absolute atomic E-state index is 11.8. The van der Waals surface area contributed by atoms with Gasteiger partial charge in [0.2, 0.25) is 5.91 Å².